The maximum Gasteiger partial charge on any atom is 0.250 e. The van der Waals surface area contributed by atoms with Crippen molar-refractivity contribution in [2.75, 3.05) is 25.1 Å². The Balaban J connectivity index is 1.69. The number of hydrogen-bond donors (Lipinski definition) is 0. The molecule has 1 aromatic carbocycles. The molecule has 2 atom stereocenters. The lowest BCUT2D eigenvalue weighted by molar-refractivity contribution is -0.135. The van der Waals surface area contributed by atoms with Crippen LogP contribution >= 0.6 is 11.8 Å². The number of amides is 1. The average Bonchev–Trinajstić information content (AvgIpc) is 2.68. The first kappa shape index (κ1) is 18.7. The van der Waals surface area contributed by atoms with Crippen molar-refractivity contribution in [3.8, 4) is 5.88 Å². The maximum atomic E-state index is 13.8. The summed E-state index contributed by atoms with van der Waals surface area (Å²) in [7, 11) is 0. The van der Waals surface area contributed by atoms with E-state index in [4.69, 9.17) is 4.74 Å². The van der Waals surface area contributed by atoms with E-state index < -0.39 is 5.82 Å². The number of benzene rings is 1. The molecule has 0 radical (unpaired) electrons. The lowest BCUT2D eigenvalue weighted by atomic mass is 9.98. The highest BCUT2D eigenvalue weighted by atomic mass is 32.2. The van der Waals surface area contributed by atoms with Gasteiger partial charge in [-0.3, -0.25) is 4.79 Å². The minimum Gasteiger partial charge on any atom is -0.470 e. The second kappa shape index (κ2) is 9.03. The smallest absolute Gasteiger partial charge is 0.250 e. The fraction of sp³-hybridized carbons (Fsp3) is 0.400. The van der Waals surface area contributed by atoms with Gasteiger partial charge in [0.1, 0.15) is 6.10 Å². The number of carbonyl (C=O) groups excluding carboxylic acids is 1. The van der Waals surface area contributed by atoms with Gasteiger partial charge in [-0.25, -0.2) is 9.37 Å². The largest absolute Gasteiger partial charge is 0.470 e. The summed E-state index contributed by atoms with van der Waals surface area (Å²) in [4.78, 5) is 18.9. The monoisotopic (exact) mass is 374 g/mol. The standard InChI is InChI=1S/C20H23FN2O2S/c1-26-14-17(15-7-3-2-4-8-15)20(24)23-12-6-9-16(13-23)25-19-18(21)10-5-11-22-19/h2-5,7-8,10-11,16-17H,6,9,12-14H2,1H3/t16-,17-/m1/s1. The van der Waals surface area contributed by atoms with Crippen LogP contribution in [0.2, 0.25) is 0 Å². The molecule has 3 rings (SSSR count). The van der Waals surface area contributed by atoms with E-state index in [1.54, 1.807) is 11.8 Å². The molecule has 138 valence electrons. The van der Waals surface area contributed by atoms with Gasteiger partial charge in [-0.1, -0.05) is 30.3 Å². The molecular formula is C20H23FN2O2S. The Kier molecular flexibility index (Phi) is 6.50. The second-order valence-corrected chi connectivity index (χ2v) is 7.29. The van der Waals surface area contributed by atoms with E-state index in [1.807, 2.05) is 41.5 Å². The van der Waals surface area contributed by atoms with Crippen LogP contribution in [-0.4, -0.2) is 47.0 Å². The van der Waals surface area contributed by atoms with Crippen molar-refractivity contribution < 1.29 is 13.9 Å². The van der Waals surface area contributed by atoms with Crippen LogP contribution in [0.15, 0.2) is 48.7 Å². The SMILES string of the molecule is CSC[C@@H](C(=O)N1CCC[C@@H](Oc2ncccc2F)C1)c1ccccc1. The van der Waals surface area contributed by atoms with Gasteiger partial charge in [0, 0.05) is 18.5 Å². The minimum absolute atomic E-state index is 0.00974. The molecule has 0 saturated carbocycles. The highest BCUT2D eigenvalue weighted by Crippen LogP contribution is 2.25. The van der Waals surface area contributed by atoms with Crippen molar-refractivity contribution in [1.82, 2.24) is 9.88 Å². The van der Waals surface area contributed by atoms with Gasteiger partial charge in [-0.2, -0.15) is 11.8 Å². The van der Waals surface area contributed by atoms with Crippen molar-refractivity contribution in [3.05, 3.63) is 60.0 Å². The highest BCUT2D eigenvalue weighted by molar-refractivity contribution is 7.98. The molecule has 1 saturated heterocycles. The van der Waals surface area contributed by atoms with Crippen LogP contribution in [0.4, 0.5) is 4.39 Å². The quantitative estimate of drug-likeness (QED) is 0.773. The molecule has 1 fully saturated rings. The van der Waals surface area contributed by atoms with Gasteiger partial charge < -0.3 is 9.64 Å². The summed E-state index contributed by atoms with van der Waals surface area (Å²) in [6.07, 6.45) is 4.91. The number of halogens is 1. The number of rotatable bonds is 6. The molecule has 1 amide bonds. The molecule has 0 bridgehead atoms. The number of nitrogens with zero attached hydrogens (tertiary/aromatic N) is 2. The molecule has 1 aliphatic rings. The third-order valence-electron chi connectivity index (χ3n) is 4.53. The first-order valence-corrected chi connectivity index (χ1v) is 10.2. The van der Waals surface area contributed by atoms with Gasteiger partial charge in [0.15, 0.2) is 5.82 Å². The van der Waals surface area contributed by atoms with Crippen LogP contribution in [-0.2, 0) is 4.79 Å². The minimum atomic E-state index is -0.472. The summed E-state index contributed by atoms with van der Waals surface area (Å²) in [5.74, 6) is 0.215. The zero-order valence-corrected chi connectivity index (χ0v) is 15.6. The molecule has 1 aliphatic heterocycles. The van der Waals surface area contributed by atoms with Gasteiger partial charge in [0.2, 0.25) is 5.91 Å². The summed E-state index contributed by atoms with van der Waals surface area (Å²) >= 11 is 1.66. The van der Waals surface area contributed by atoms with Crippen molar-refractivity contribution >= 4 is 17.7 Å². The Morgan fingerprint density at radius 3 is 2.88 bits per heavy atom. The fourth-order valence-corrected chi connectivity index (χ4v) is 3.90. The Morgan fingerprint density at radius 1 is 1.35 bits per heavy atom. The molecule has 4 nitrogen and oxygen atoms in total. The number of aromatic nitrogens is 1. The molecule has 0 N–H and O–H groups in total. The molecule has 26 heavy (non-hydrogen) atoms. The number of hydrogen-bond acceptors (Lipinski definition) is 4. The number of ether oxygens (including phenoxy) is 1. The van der Waals surface area contributed by atoms with Gasteiger partial charge in [0.05, 0.1) is 12.5 Å². The van der Waals surface area contributed by atoms with E-state index in [-0.39, 0.29) is 23.8 Å². The van der Waals surface area contributed by atoms with Gasteiger partial charge >= 0.3 is 0 Å². The third-order valence-corrected chi connectivity index (χ3v) is 5.19. The predicted octanol–water partition coefficient (Wildman–Crippen LogP) is 3.74. The third kappa shape index (κ3) is 4.55. The van der Waals surface area contributed by atoms with Crippen molar-refractivity contribution in [3.63, 3.8) is 0 Å². The van der Waals surface area contributed by atoms with Crippen LogP contribution in [0.5, 0.6) is 5.88 Å². The van der Waals surface area contributed by atoms with Crippen molar-refractivity contribution in [1.29, 1.82) is 0 Å². The summed E-state index contributed by atoms with van der Waals surface area (Å²) in [6, 6.07) is 12.7. The second-order valence-electron chi connectivity index (χ2n) is 6.38. The number of thioether (sulfide) groups is 1. The Bertz CT molecular complexity index is 729. The Labute approximate surface area is 157 Å². The number of piperidine rings is 1. The summed E-state index contributed by atoms with van der Waals surface area (Å²) in [5.41, 5.74) is 1.03. The van der Waals surface area contributed by atoms with Crippen molar-refractivity contribution in [2.45, 2.75) is 24.9 Å². The number of pyridine rings is 1. The van der Waals surface area contributed by atoms with E-state index in [1.165, 1.54) is 18.3 Å². The van der Waals surface area contributed by atoms with Gasteiger partial charge in [-0.05, 0) is 36.8 Å². The van der Waals surface area contributed by atoms with Crippen LogP contribution in [0.25, 0.3) is 0 Å². The fourth-order valence-electron chi connectivity index (χ4n) is 3.23. The summed E-state index contributed by atoms with van der Waals surface area (Å²) < 4.78 is 19.5. The highest BCUT2D eigenvalue weighted by Gasteiger charge is 2.30. The molecular weight excluding hydrogens is 351 g/mol. The molecule has 2 aromatic rings. The predicted molar refractivity (Wildman–Crippen MR) is 102 cm³/mol. The average molecular weight is 374 g/mol. The van der Waals surface area contributed by atoms with Crippen LogP contribution in [0.1, 0.15) is 24.3 Å². The molecule has 6 heteroatoms. The number of carbonyl (C=O) groups is 1. The zero-order valence-electron chi connectivity index (χ0n) is 14.8. The van der Waals surface area contributed by atoms with Crippen molar-refractivity contribution in [2.24, 2.45) is 0 Å². The summed E-state index contributed by atoms with van der Waals surface area (Å²) in [6.45, 7) is 1.17. The number of likely N-dealkylation sites (tertiary alicyclic amines) is 1. The molecule has 0 spiro atoms. The van der Waals surface area contributed by atoms with E-state index in [0.29, 0.717) is 13.1 Å². The topological polar surface area (TPSA) is 42.4 Å². The van der Waals surface area contributed by atoms with Gasteiger partial charge in [0.25, 0.3) is 5.88 Å². The lowest BCUT2D eigenvalue weighted by Crippen LogP contribution is -2.46. The first-order valence-electron chi connectivity index (χ1n) is 8.79. The first-order chi connectivity index (χ1) is 12.7. The van der Waals surface area contributed by atoms with Gasteiger partial charge in [-0.15, -0.1) is 0 Å². The Hall–Kier alpha value is -2.08. The van der Waals surface area contributed by atoms with Crippen LogP contribution < -0.4 is 4.74 Å². The van der Waals surface area contributed by atoms with E-state index >= 15 is 0 Å². The Morgan fingerprint density at radius 2 is 2.15 bits per heavy atom. The van der Waals surface area contributed by atoms with Crippen LogP contribution in [0.3, 0.4) is 0 Å². The molecule has 1 aromatic heterocycles. The lowest BCUT2D eigenvalue weighted by Gasteiger charge is -2.35. The molecule has 2 heterocycles. The van der Waals surface area contributed by atoms with E-state index in [2.05, 4.69) is 4.98 Å². The normalized spacial score (nSPS) is 18.4. The maximum absolute atomic E-state index is 13.8. The molecule has 0 unspecified atom stereocenters. The molecule has 0 aliphatic carbocycles. The summed E-state index contributed by atoms with van der Waals surface area (Å²) in [5, 5.41) is 0. The van der Waals surface area contributed by atoms with Crippen LogP contribution in [0, 0.1) is 5.82 Å². The van der Waals surface area contributed by atoms with E-state index in [0.717, 1.165) is 24.2 Å². The van der Waals surface area contributed by atoms with E-state index in [9.17, 15) is 9.18 Å². The zero-order chi connectivity index (χ0) is 18.4.